The molecule has 1 aliphatic rings. The van der Waals surface area contributed by atoms with Crippen molar-refractivity contribution in [1.82, 2.24) is 4.31 Å². The molecule has 1 aromatic carbocycles. The Labute approximate surface area is 181 Å². The number of hydrogen-bond acceptors (Lipinski definition) is 7. The highest BCUT2D eigenvalue weighted by Crippen LogP contribution is 2.33. The Morgan fingerprint density at radius 3 is 2.57 bits per heavy atom. The molecule has 0 aliphatic carbocycles. The van der Waals surface area contributed by atoms with Crippen molar-refractivity contribution in [3.63, 3.8) is 0 Å². The lowest BCUT2D eigenvalue weighted by Crippen LogP contribution is -2.28. The first-order valence-electron chi connectivity index (χ1n) is 9.90. The zero-order valence-corrected chi connectivity index (χ0v) is 19.0. The number of carbonyl (C=O) groups excluding carboxylic acids is 2. The summed E-state index contributed by atoms with van der Waals surface area (Å²) in [5.41, 5.74) is 1.58. The van der Waals surface area contributed by atoms with Gasteiger partial charge >= 0.3 is 5.97 Å². The van der Waals surface area contributed by atoms with E-state index >= 15 is 0 Å². The van der Waals surface area contributed by atoms with Crippen molar-refractivity contribution in [2.75, 3.05) is 31.6 Å². The third-order valence-corrected chi connectivity index (χ3v) is 8.19. The van der Waals surface area contributed by atoms with Crippen molar-refractivity contribution in [3.8, 4) is 0 Å². The molecule has 0 radical (unpaired) electrons. The summed E-state index contributed by atoms with van der Waals surface area (Å²) in [5, 5.41) is 3.62. The molecule has 1 fully saturated rings. The number of benzene rings is 1. The number of anilines is 1. The highest BCUT2D eigenvalue weighted by Gasteiger charge is 2.28. The van der Waals surface area contributed by atoms with Crippen molar-refractivity contribution < 1.29 is 22.7 Å². The lowest BCUT2D eigenvalue weighted by atomic mass is 10.1. The van der Waals surface area contributed by atoms with Gasteiger partial charge in [-0.3, -0.25) is 4.79 Å². The second kappa shape index (κ2) is 9.28. The molecule has 162 valence electrons. The van der Waals surface area contributed by atoms with Gasteiger partial charge in [0.05, 0.1) is 23.6 Å². The van der Waals surface area contributed by atoms with Gasteiger partial charge in [-0.25, -0.2) is 13.2 Å². The molecule has 3 rings (SSSR count). The summed E-state index contributed by atoms with van der Waals surface area (Å²) in [6.07, 6.45) is 1.70. The maximum Gasteiger partial charge on any atom is 0.341 e. The van der Waals surface area contributed by atoms with E-state index in [4.69, 9.17) is 4.74 Å². The van der Waals surface area contributed by atoms with Crippen LogP contribution in [0.5, 0.6) is 0 Å². The van der Waals surface area contributed by atoms with E-state index in [1.807, 2.05) is 13.8 Å². The lowest BCUT2D eigenvalue weighted by molar-refractivity contribution is 0.0527. The topological polar surface area (TPSA) is 92.8 Å². The molecule has 0 unspecified atom stereocenters. The van der Waals surface area contributed by atoms with Crippen molar-refractivity contribution in [2.45, 2.75) is 38.5 Å². The van der Waals surface area contributed by atoms with Crippen LogP contribution in [-0.2, 0) is 14.8 Å². The van der Waals surface area contributed by atoms with Gasteiger partial charge in [-0.2, -0.15) is 4.31 Å². The van der Waals surface area contributed by atoms with Crippen LogP contribution in [0.25, 0.3) is 0 Å². The zero-order chi connectivity index (χ0) is 21.9. The van der Waals surface area contributed by atoms with Crippen LogP contribution in [-0.4, -0.2) is 50.7 Å². The van der Waals surface area contributed by atoms with Gasteiger partial charge in [-0.05, 0) is 51.3 Å². The Kier molecular flexibility index (Phi) is 6.95. The van der Waals surface area contributed by atoms with E-state index in [-0.39, 0.29) is 23.8 Å². The van der Waals surface area contributed by atoms with Gasteiger partial charge < -0.3 is 10.1 Å². The highest BCUT2D eigenvalue weighted by molar-refractivity contribution is 7.89. The Balaban J connectivity index is 1.77. The molecule has 1 saturated heterocycles. The van der Waals surface area contributed by atoms with E-state index in [2.05, 4.69) is 5.32 Å². The molecule has 0 spiro atoms. The third-order valence-electron chi connectivity index (χ3n) is 5.13. The van der Waals surface area contributed by atoms with Gasteiger partial charge in [-0.15, -0.1) is 11.3 Å². The van der Waals surface area contributed by atoms with Crippen LogP contribution in [0.4, 0.5) is 5.00 Å². The van der Waals surface area contributed by atoms with E-state index in [0.29, 0.717) is 29.2 Å². The Morgan fingerprint density at radius 2 is 1.90 bits per heavy atom. The maximum atomic E-state index is 12.8. The molecular weight excluding hydrogens is 424 g/mol. The molecule has 9 heteroatoms. The van der Waals surface area contributed by atoms with Crippen LogP contribution >= 0.6 is 11.3 Å². The number of rotatable bonds is 8. The molecule has 7 nitrogen and oxygen atoms in total. The second-order valence-corrected chi connectivity index (χ2v) is 10.3. The predicted octanol–water partition coefficient (Wildman–Crippen LogP) is 3.62. The van der Waals surface area contributed by atoms with Crippen molar-refractivity contribution in [1.29, 1.82) is 0 Å². The van der Waals surface area contributed by atoms with Crippen LogP contribution in [0.2, 0.25) is 0 Å². The normalized spacial score (nSPS) is 14.6. The molecule has 0 saturated carbocycles. The van der Waals surface area contributed by atoms with Gasteiger partial charge in [0.1, 0.15) is 5.00 Å². The number of ketones is 1. The van der Waals surface area contributed by atoms with E-state index in [0.717, 1.165) is 23.3 Å². The Bertz CT molecular complexity index is 1050. The fourth-order valence-electron chi connectivity index (χ4n) is 3.37. The van der Waals surface area contributed by atoms with E-state index in [9.17, 15) is 18.0 Å². The summed E-state index contributed by atoms with van der Waals surface area (Å²) in [4.78, 5) is 26.1. The van der Waals surface area contributed by atoms with Crippen molar-refractivity contribution in [2.24, 2.45) is 0 Å². The van der Waals surface area contributed by atoms with Crippen LogP contribution < -0.4 is 5.32 Å². The minimum atomic E-state index is -3.59. The molecule has 0 atom stereocenters. The Morgan fingerprint density at radius 1 is 1.20 bits per heavy atom. The average Bonchev–Trinajstić information content (AvgIpc) is 3.36. The van der Waals surface area contributed by atoms with Crippen LogP contribution in [0, 0.1) is 13.8 Å². The third kappa shape index (κ3) is 4.58. The van der Waals surface area contributed by atoms with E-state index in [1.165, 1.54) is 27.8 Å². The number of Topliss-reactive ketones (excluding diaryl/α,β-unsaturated/α-hetero) is 1. The number of thiophene rings is 1. The highest BCUT2D eigenvalue weighted by atomic mass is 32.2. The number of aryl methyl sites for hydroxylation is 1. The van der Waals surface area contributed by atoms with E-state index in [1.54, 1.807) is 19.1 Å². The molecular formula is C21H26N2O5S2. The summed E-state index contributed by atoms with van der Waals surface area (Å²) < 4.78 is 32.1. The van der Waals surface area contributed by atoms with Crippen molar-refractivity contribution in [3.05, 3.63) is 45.8 Å². The van der Waals surface area contributed by atoms with Gasteiger partial charge in [0, 0.05) is 23.5 Å². The first-order valence-corrected chi connectivity index (χ1v) is 12.2. The summed E-state index contributed by atoms with van der Waals surface area (Å²) in [6.45, 7) is 6.72. The largest absolute Gasteiger partial charge is 0.462 e. The molecule has 0 bridgehead atoms. The summed E-state index contributed by atoms with van der Waals surface area (Å²) >= 11 is 1.39. The Hall–Kier alpha value is -2.23. The molecule has 30 heavy (non-hydrogen) atoms. The first-order chi connectivity index (χ1) is 14.3. The smallest absolute Gasteiger partial charge is 0.341 e. The molecule has 2 aromatic rings. The fraction of sp³-hybridized carbons (Fsp3) is 0.429. The van der Waals surface area contributed by atoms with Gasteiger partial charge in [0.25, 0.3) is 0 Å². The number of nitrogens with zero attached hydrogens (tertiary/aromatic N) is 1. The minimum absolute atomic E-state index is 0.0565. The number of esters is 1. The number of ether oxygens (including phenoxy) is 1. The number of hydrogen-bond donors (Lipinski definition) is 1. The summed E-state index contributed by atoms with van der Waals surface area (Å²) in [5.74, 6) is -0.681. The number of carbonyl (C=O) groups is 2. The lowest BCUT2D eigenvalue weighted by Gasteiger charge is -2.16. The van der Waals surface area contributed by atoms with E-state index < -0.39 is 16.0 Å². The predicted molar refractivity (Wildman–Crippen MR) is 117 cm³/mol. The molecule has 0 amide bonds. The number of nitrogens with one attached hydrogen (secondary N) is 1. The maximum absolute atomic E-state index is 12.8. The standard InChI is InChI=1S/C21H26N2O5S2/c1-4-28-21(25)19-14(2)15(3)29-20(19)22-13-18(24)16-8-7-9-17(12-16)30(26,27)23-10-5-6-11-23/h7-9,12,22H,4-6,10-11,13H2,1-3H3. The summed E-state index contributed by atoms with van der Waals surface area (Å²) in [6, 6.07) is 6.13. The van der Waals surface area contributed by atoms with Gasteiger partial charge in [0.15, 0.2) is 5.78 Å². The van der Waals surface area contributed by atoms with Crippen LogP contribution in [0.3, 0.4) is 0 Å². The van der Waals surface area contributed by atoms with Gasteiger partial charge in [-0.1, -0.05) is 12.1 Å². The molecule has 2 heterocycles. The minimum Gasteiger partial charge on any atom is -0.462 e. The summed E-state index contributed by atoms with van der Waals surface area (Å²) in [7, 11) is -3.59. The first kappa shape index (κ1) is 22.5. The number of sulfonamides is 1. The van der Waals surface area contributed by atoms with Crippen LogP contribution in [0.1, 0.15) is 50.9 Å². The molecule has 1 N–H and O–H groups in total. The van der Waals surface area contributed by atoms with Gasteiger partial charge in [0.2, 0.25) is 10.0 Å². The molecule has 1 aliphatic heterocycles. The monoisotopic (exact) mass is 450 g/mol. The fourth-order valence-corrected chi connectivity index (χ4v) is 5.98. The average molecular weight is 451 g/mol. The molecule has 1 aromatic heterocycles. The quantitative estimate of drug-likeness (QED) is 0.488. The SMILES string of the molecule is CCOC(=O)c1c(NCC(=O)c2cccc(S(=O)(=O)N3CCCC3)c2)sc(C)c1C. The zero-order valence-electron chi connectivity index (χ0n) is 17.4. The van der Waals surface area contributed by atoms with Crippen molar-refractivity contribution >= 4 is 38.1 Å². The second-order valence-electron chi connectivity index (χ2n) is 7.12. The van der Waals surface area contributed by atoms with Crippen LogP contribution in [0.15, 0.2) is 29.2 Å².